The zero-order valence-electron chi connectivity index (χ0n) is 9.61. The maximum absolute atomic E-state index is 11.7. The SMILES string of the molecule is NC1CC(=O)N(c2nccc(-c3ccco3)n2)C1. The van der Waals surface area contributed by atoms with Crippen molar-refractivity contribution in [3.8, 4) is 11.5 Å². The lowest BCUT2D eigenvalue weighted by Gasteiger charge is -2.13. The molecule has 0 spiro atoms. The van der Waals surface area contributed by atoms with E-state index in [0.717, 1.165) is 0 Å². The summed E-state index contributed by atoms with van der Waals surface area (Å²) in [6.45, 7) is 0.459. The summed E-state index contributed by atoms with van der Waals surface area (Å²) >= 11 is 0. The molecule has 2 aromatic rings. The Bertz CT molecular complexity index is 567. The third-order valence-corrected chi connectivity index (χ3v) is 2.81. The van der Waals surface area contributed by atoms with E-state index < -0.39 is 0 Å². The van der Waals surface area contributed by atoms with Crippen molar-refractivity contribution < 1.29 is 9.21 Å². The maximum atomic E-state index is 11.7. The highest BCUT2D eigenvalue weighted by Crippen LogP contribution is 2.21. The van der Waals surface area contributed by atoms with Gasteiger partial charge >= 0.3 is 0 Å². The van der Waals surface area contributed by atoms with E-state index in [1.165, 1.54) is 4.90 Å². The van der Waals surface area contributed by atoms with E-state index in [1.54, 1.807) is 24.6 Å². The van der Waals surface area contributed by atoms with Crippen LogP contribution in [0.15, 0.2) is 35.1 Å². The molecule has 3 rings (SSSR count). The molecular formula is C12H12N4O2. The Morgan fingerprint density at radius 2 is 2.33 bits per heavy atom. The van der Waals surface area contributed by atoms with Crippen molar-refractivity contribution >= 4 is 11.9 Å². The first kappa shape index (κ1) is 10.9. The molecule has 0 aliphatic carbocycles. The van der Waals surface area contributed by atoms with Crippen molar-refractivity contribution in [2.24, 2.45) is 5.73 Å². The Morgan fingerprint density at radius 3 is 3.00 bits per heavy atom. The lowest BCUT2D eigenvalue weighted by molar-refractivity contribution is -0.117. The van der Waals surface area contributed by atoms with Crippen LogP contribution in [0.5, 0.6) is 0 Å². The minimum Gasteiger partial charge on any atom is -0.463 e. The van der Waals surface area contributed by atoms with Crippen LogP contribution in [0.3, 0.4) is 0 Å². The van der Waals surface area contributed by atoms with Crippen molar-refractivity contribution in [3.63, 3.8) is 0 Å². The van der Waals surface area contributed by atoms with Gasteiger partial charge in [0.05, 0.1) is 6.26 Å². The quantitative estimate of drug-likeness (QED) is 0.844. The fraction of sp³-hybridized carbons (Fsp3) is 0.250. The van der Waals surface area contributed by atoms with Crippen LogP contribution >= 0.6 is 0 Å². The highest BCUT2D eigenvalue weighted by molar-refractivity contribution is 5.94. The van der Waals surface area contributed by atoms with Gasteiger partial charge < -0.3 is 10.2 Å². The molecule has 0 bridgehead atoms. The number of nitrogens with zero attached hydrogens (tertiary/aromatic N) is 3. The summed E-state index contributed by atoms with van der Waals surface area (Å²) in [7, 11) is 0. The van der Waals surface area contributed by atoms with Gasteiger partial charge in [0, 0.05) is 25.2 Å². The third kappa shape index (κ3) is 1.86. The molecule has 92 valence electrons. The molecule has 1 aliphatic rings. The van der Waals surface area contributed by atoms with Crippen LogP contribution < -0.4 is 10.6 Å². The van der Waals surface area contributed by atoms with Gasteiger partial charge in [0.1, 0.15) is 5.69 Å². The summed E-state index contributed by atoms with van der Waals surface area (Å²) in [5, 5.41) is 0. The van der Waals surface area contributed by atoms with Crippen molar-refractivity contribution in [2.75, 3.05) is 11.4 Å². The minimum atomic E-state index is -0.145. The van der Waals surface area contributed by atoms with Gasteiger partial charge in [-0.05, 0) is 18.2 Å². The number of hydrogen-bond donors (Lipinski definition) is 1. The first-order chi connectivity index (χ1) is 8.74. The standard InChI is InChI=1S/C12H12N4O2/c13-8-6-11(17)16(7-8)12-14-4-3-9(15-12)10-2-1-5-18-10/h1-5,8H,6-7,13H2. The number of carbonyl (C=O) groups excluding carboxylic acids is 1. The Balaban J connectivity index is 1.94. The molecule has 0 aromatic carbocycles. The molecule has 3 heterocycles. The molecular weight excluding hydrogens is 232 g/mol. The molecule has 1 unspecified atom stereocenters. The van der Waals surface area contributed by atoms with Crippen LogP contribution in [-0.2, 0) is 4.79 Å². The molecule has 0 radical (unpaired) electrons. The van der Waals surface area contributed by atoms with Gasteiger partial charge in [0.15, 0.2) is 5.76 Å². The summed E-state index contributed by atoms with van der Waals surface area (Å²) in [6.07, 6.45) is 3.53. The van der Waals surface area contributed by atoms with Gasteiger partial charge in [-0.15, -0.1) is 0 Å². The van der Waals surface area contributed by atoms with E-state index in [-0.39, 0.29) is 11.9 Å². The molecule has 2 N–H and O–H groups in total. The second-order valence-electron chi connectivity index (χ2n) is 4.19. The van der Waals surface area contributed by atoms with Gasteiger partial charge in [0.25, 0.3) is 0 Å². The van der Waals surface area contributed by atoms with Crippen LogP contribution in [0, 0.1) is 0 Å². The van der Waals surface area contributed by atoms with Gasteiger partial charge in [-0.2, -0.15) is 0 Å². The highest BCUT2D eigenvalue weighted by atomic mass is 16.3. The summed E-state index contributed by atoms with van der Waals surface area (Å²) in [6, 6.07) is 5.19. The molecule has 6 heteroatoms. The summed E-state index contributed by atoms with van der Waals surface area (Å²) in [5.74, 6) is 0.982. The zero-order chi connectivity index (χ0) is 12.5. The van der Waals surface area contributed by atoms with E-state index in [2.05, 4.69) is 9.97 Å². The fourth-order valence-electron chi connectivity index (χ4n) is 1.97. The van der Waals surface area contributed by atoms with E-state index in [4.69, 9.17) is 10.2 Å². The van der Waals surface area contributed by atoms with Crippen molar-refractivity contribution in [1.29, 1.82) is 0 Å². The van der Waals surface area contributed by atoms with E-state index >= 15 is 0 Å². The minimum absolute atomic E-state index is 0.0425. The maximum Gasteiger partial charge on any atom is 0.232 e. The Morgan fingerprint density at radius 1 is 1.44 bits per heavy atom. The first-order valence-electron chi connectivity index (χ1n) is 5.67. The van der Waals surface area contributed by atoms with Gasteiger partial charge in [-0.25, -0.2) is 9.97 Å². The van der Waals surface area contributed by atoms with Crippen LogP contribution in [0.4, 0.5) is 5.95 Å². The molecule has 1 amide bonds. The Kier molecular flexibility index (Phi) is 2.56. The average molecular weight is 244 g/mol. The predicted octanol–water partition coefficient (Wildman–Crippen LogP) is 0.801. The van der Waals surface area contributed by atoms with Crippen LogP contribution in [0.1, 0.15) is 6.42 Å². The number of aromatic nitrogens is 2. The highest BCUT2D eigenvalue weighted by Gasteiger charge is 2.30. The molecule has 2 aromatic heterocycles. The molecule has 1 fully saturated rings. The van der Waals surface area contributed by atoms with Crippen molar-refractivity contribution in [1.82, 2.24) is 9.97 Å². The van der Waals surface area contributed by atoms with E-state index in [9.17, 15) is 4.79 Å². The lowest BCUT2D eigenvalue weighted by atomic mass is 10.3. The van der Waals surface area contributed by atoms with Gasteiger partial charge in [-0.1, -0.05) is 0 Å². The summed E-state index contributed by atoms with van der Waals surface area (Å²) in [5.41, 5.74) is 6.40. The average Bonchev–Trinajstić information content (AvgIpc) is 2.99. The van der Waals surface area contributed by atoms with Gasteiger partial charge in [0.2, 0.25) is 11.9 Å². The smallest absolute Gasteiger partial charge is 0.232 e. The predicted molar refractivity (Wildman–Crippen MR) is 64.7 cm³/mol. The van der Waals surface area contributed by atoms with Crippen LogP contribution in [0.25, 0.3) is 11.5 Å². The number of furan rings is 1. The number of nitrogens with two attached hydrogens (primary N) is 1. The topological polar surface area (TPSA) is 85.3 Å². The third-order valence-electron chi connectivity index (χ3n) is 2.81. The Labute approximate surface area is 103 Å². The molecule has 18 heavy (non-hydrogen) atoms. The monoisotopic (exact) mass is 244 g/mol. The van der Waals surface area contributed by atoms with Crippen LogP contribution in [0.2, 0.25) is 0 Å². The zero-order valence-corrected chi connectivity index (χ0v) is 9.61. The number of rotatable bonds is 2. The number of hydrogen-bond acceptors (Lipinski definition) is 5. The van der Waals surface area contributed by atoms with E-state index in [0.29, 0.717) is 30.4 Å². The molecule has 1 atom stereocenters. The molecule has 6 nitrogen and oxygen atoms in total. The second-order valence-corrected chi connectivity index (χ2v) is 4.19. The van der Waals surface area contributed by atoms with Crippen molar-refractivity contribution in [3.05, 3.63) is 30.7 Å². The van der Waals surface area contributed by atoms with E-state index in [1.807, 2.05) is 6.07 Å². The van der Waals surface area contributed by atoms with Crippen molar-refractivity contribution in [2.45, 2.75) is 12.5 Å². The molecule has 1 saturated heterocycles. The summed E-state index contributed by atoms with van der Waals surface area (Å²) < 4.78 is 5.27. The van der Waals surface area contributed by atoms with Crippen LogP contribution in [-0.4, -0.2) is 28.5 Å². The number of carbonyl (C=O) groups is 1. The van der Waals surface area contributed by atoms with Gasteiger partial charge in [-0.3, -0.25) is 9.69 Å². The number of amides is 1. The second kappa shape index (κ2) is 4.23. The normalized spacial score (nSPS) is 19.5. The first-order valence-corrected chi connectivity index (χ1v) is 5.67. The molecule has 0 saturated carbocycles. The summed E-state index contributed by atoms with van der Waals surface area (Å²) in [4.78, 5) is 21.7. The largest absolute Gasteiger partial charge is 0.463 e. The fourth-order valence-corrected chi connectivity index (χ4v) is 1.97. The molecule has 1 aliphatic heterocycles. The number of anilines is 1. The lowest BCUT2D eigenvalue weighted by Crippen LogP contribution is -2.29. The Hall–Kier alpha value is -2.21.